The molecule has 3 heteroatoms. The Kier molecular flexibility index (Phi) is 3.42. The molecule has 74 valence electrons. The molecular weight excluding hydrogens is 182 g/mol. The van der Waals surface area contributed by atoms with Gasteiger partial charge in [-0.15, -0.1) is 11.8 Å². The highest BCUT2D eigenvalue weighted by molar-refractivity contribution is 8.13. The van der Waals surface area contributed by atoms with E-state index >= 15 is 0 Å². The minimum absolute atomic E-state index is 0.0837. The first kappa shape index (κ1) is 10.6. The Bertz CT molecular complexity index is 247. The first-order valence-electron chi connectivity index (χ1n) is 4.53. The standard InChI is InChI=1S/C10H17NOS/c1-5-10(2)7-6-8(12-3)9(11-10)13-4/h6H,5,7H2,1-4H3. The zero-order valence-electron chi connectivity index (χ0n) is 8.76. The highest BCUT2D eigenvalue weighted by Gasteiger charge is 2.26. The van der Waals surface area contributed by atoms with Crippen LogP contribution < -0.4 is 0 Å². The Morgan fingerprint density at radius 3 is 2.85 bits per heavy atom. The van der Waals surface area contributed by atoms with Crippen LogP contribution in [-0.2, 0) is 4.74 Å². The molecule has 0 radical (unpaired) electrons. The van der Waals surface area contributed by atoms with Gasteiger partial charge < -0.3 is 4.74 Å². The first-order valence-corrected chi connectivity index (χ1v) is 5.76. The molecule has 0 amide bonds. The lowest BCUT2D eigenvalue weighted by Crippen LogP contribution is -2.26. The third-order valence-electron chi connectivity index (χ3n) is 2.48. The predicted octanol–water partition coefficient (Wildman–Crippen LogP) is 2.85. The normalized spacial score (nSPS) is 28.0. The molecule has 1 atom stereocenters. The van der Waals surface area contributed by atoms with Crippen LogP contribution in [0.1, 0.15) is 26.7 Å². The topological polar surface area (TPSA) is 21.6 Å². The third-order valence-corrected chi connectivity index (χ3v) is 3.16. The number of hydrogen-bond acceptors (Lipinski definition) is 3. The zero-order chi connectivity index (χ0) is 9.90. The molecule has 0 saturated carbocycles. The molecule has 0 bridgehead atoms. The molecule has 1 aliphatic rings. The second kappa shape index (κ2) is 4.18. The molecule has 0 aliphatic carbocycles. The van der Waals surface area contributed by atoms with Crippen LogP contribution in [0.2, 0.25) is 0 Å². The van der Waals surface area contributed by atoms with Crippen LogP contribution in [0, 0.1) is 0 Å². The summed E-state index contributed by atoms with van der Waals surface area (Å²) >= 11 is 1.65. The van der Waals surface area contributed by atoms with E-state index < -0.39 is 0 Å². The maximum atomic E-state index is 5.24. The van der Waals surface area contributed by atoms with E-state index in [-0.39, 0.29) is 5.54 Å². The highest BCUT2D eigenvalue weighted by Crippen LogP contribution is 2.29. The van der Waals surface area contributed by atoms with Crippen LogP contribution in [0.4, 0.5) is 0 Å². The molecule has 1 rings (SSSR count). The minimum Gasteiger partial charge on any atom is -0.494 e. The SMILES string of the molecule is CCC1(C)CC=C(OC)C(SC)=N1. The second-order valence-electron chi connectivity index (χ2n) is 3.45. The summed E-state index contributed by atoms with van der Waals surface area (Å²) in [5.74, 6) is 0.929. The number of aliphatic imine (C=N–C) groups is 1. The molecule has 13 heavy (non-hydrogen) atoms. The summed E-state index contributed by atoms with van der Waals surface area (Å²) in [5.41, 5.74) is 0.0837. The van der Waals surface area contributed by atoms with Gasteiger partial charge in [0.15, 0.2) is 0 Å². The molecule has 0 aromatic carbocycles. The lowest BCUT2D eigenvalue weighted by molar-refractivity contribution is 0.306. The molecule has 1 heterocycles. The summed E-state index contributed by atoms with van der Waals surface area (Å²) in [4.78, 5) is 4.69. The average Bonchev–Trinajstić information content (AvgIpc) is 2.18. The van der Waals surface area contributed by atoms with Crippen molar-refractivity contribution >= 4 is 16.8 Å². The number of dihydropyridines is 1. The van der Waals surface area contributed by atoms with Crippen molar-refractivity contribution in [2.75, 3.05) is 13.4 Å². The number of ether oxygens (including phenoxy) is 1. The van der Waals surface area contributed by atoms with Gasteiger partial charge in [0.05, 0.1) is 12.6 Å². The number of nitrogens with zero attached hydrogens (tertiary/aromatic N) is 1. The monoisotopic (exact) mass is 199 g/mol. The molecule has 0 saturated heterocycles. The van der Waals surface area contributed by atoms with Gasteiger partial charge in [-0.2, -0.15) is 0 Å². The second-order valence-corrected chi connectivity index (χ2v) is 4.24. The van der Waals surface area contributed by atoms with Gasteiger partial charge in [0, 0.05) is 0 Å². The maximum absolute atomic E-state index is 5.24. The lowest BCUT2D eigenvalue weighted by atomic mass is 9.93. The summed E-state index contributed by atoms with van der Waals surface area (Å²) in [6.45, 7) is 4.36. The van der Waals surface area contributed by atoms with Crippen LogP contribution in [0.25, 0.3) is 0 Å². The van der Waals surface area contributed by atoms with Gasteiger partial charge in [-0.3, -0.25) is 4.99 Å². The summed E-state index contributed by atoms with van der Waals surface area (Å²) in [6.07, 6.45) is 6.23. The van der Waals surface area contributed by atoms with Crippen molar-refractivity contribution in [3.05, 3.63) is 11.8 Å². The molecule has 2 nitrogen and oxygen atoms in total. The Morgan fingerprint density at radius 1 is 1.69 bits per heavy atom. The molecule has 0 fully saturated rings. The van der Waals surface area contributed by atoms with E-state index in [2.05, 4.69) is 24.9 Å². The van der Waals surface area contributed by atoms with Crippen LogP contribution in [0.3, 0.4) is 0 Å². The van der Waals surface area contributed by atoms with Gasteiger partial charge in [0.2, 0.25) is 0 Å². The van der Waals surface area contributed by atoms with E-state index in [1.165, 1.54) is 0 Å². The molecule has 0 aromatic heterocycles. The summed E-state index contributed by atoms with van der Waals surface area (Å²) in [5, 5.41) is 1.03. The van der Waals surface area contributed by atoms with Gasteiger partial charge in [0.1, 0.15) is 10.8 Å². The van der Waals surface area contributed by atoms with E-state index in [1.807, 2.05) is 6.26 Å². The molecule has 1 unspecified atom stereocenters. The zero-order valence-corrected chi connectivity index (χ0v) is 9.57. The fourth-order valence-corrected chi connectivity index (χ4v) is 1.97. The summed E-state index contributed by atoms with van der Waals surface area (Å²) < 4.78 is 5.24. The minimum atomic E-state index is 0.0837. The number of hydrogen-bond donors (Lipinski definition) is 0. The van der Waals surface area contributed by atoms with E-state index in [4.69, 9.17) is 4.74 Å². The van der Waals surface area contributed by atoms with Gasteiger partial charge in [-0.1, -0.05) is 6.92 Å². The van der Waals surface area contributed by atoms with Gasteiger partial charge >= 0.3 is 0 Å². The number of thioether (sulfide) groups is 1. The van der Waals surface area contributed by atoms with Crippen molar-refractivity contribution in [3.63, 3.8) is 0 Å². The highest BCUT2D eigenvalue weighted by atomic mass is 32.2. The molecule has 0 spiro atoms. The Balaban J connectivity index is 2.87. The van der Waals surface area contributed by atoms with Crippen LogP contribution >= 0.6 is 11.8 Å². The first-order chi connectivity index (χ1) is 6.15. The van der Waals surface area contributed by atoms with E-state index in [0.717, 1.165) is 23.6 Å². The van der Waals surface area contributed by atoms with E-state index in [9.17, 15) is 0 Å². The fourth-order valence-electron chi connectivity index (χ4n) is 1.29. The van der Waals surface area contributed by atoms with Gasteiger partial charge in [-0.25, -0.2) is 0 Å². The predicted molar refractivity (Wildman–Crippen MR) is 59.4 cm³/mol. The molecule has 1 aliphatic heterocycles. The van der Waals surface area contributed by atoms with Crippen LogP contribution in [0.15, 0.2) is 16.8 Å². The number of methoxy groups -OCH3 is 1. The van der Waals surface area contributed by atoms with Crippen molar-refractivity contribution in [3.8, 4) is 0 Å². The van der Waals surface area contributed by atoms with Crippen LogP contribution in [-0.4, -0.2) is 23.9 Å². The summed E-state index contributed by atoms with van der Waals surface area (Å²) in [7, 11) is 1.70. The largest absolute Gasteiger partial charge is 0.494 e. The summed E-state index contributed by atoms with van der Waals surface area (Å²) in [6, 6.07) is 0. The van der Waals surface area contributed by atoms with E-state index in [0.29, 0.717) is 0 Å². The Labute approximate surface area is 84.5 Å². The third kappa shape index (κ3) is 2.27. The smallest absolute Gasteiger partial charge is 0.146 e. The van der Waals surface area contributed by atoms with Crippen molar-refractivity contribution < 1.29 is 4.74 Å². The van der Waals surface area contributed by atoms with Crippen molar-refractivity contribution in [1.82, 2.24) is 0 Å². The van der Waals surface area contributed by atoms with Crippen molar-refractivity contribution in [2.24, 2.45) is 4.99 Å². The quantitative estimate of drug-likeness (QED) is 0.682. The molecule has 0 aromatic rings. The van der Waals surface area contributed by atoms with Crippen molar-refractivity contribution in [1.29, 1.82) is 0 Å². The van der Waals surface area contributed by atoms with Crippen molar-refractivity contribution in [2.45, 2.75) is 32.2 Å². The molecule has 0 N–H and O–H groups in total. The Morgan fingerprint density at radius 2 is 2.38 bits per heavy atom. The van der Waals surface area contributed by atoms with Crippen LogP contribution in [0.5, 0.6) is 0 Å². The fraction of sp³-hybridized carbons (Fsp3) is 0.700. The van der Waals surface area contributed by atoms with Gasteiger partial charge in [0.25, 0.3) is 0 Å². The van der Waals surface area contributed by atoms with Gasteiger partial charge in [-0.05, 0) is 32.1 Å². The number of rotatable bonds is 2. The maximum Gasteiger partial charge on any atom is 0.146 e. The lowest BCUT2D eigenvalue weighted by Gasteiger charge is -2.27. The molecular formula is C10H17NOS. The Hall–Kier alpha value is -0.440. The van der Waals surface area contributed by atoms with E-state index in [1.54, 1.807) is 18.9 Å². The average molecular weight is 199 g/mol.